The monoisotopic (exact) mass is 411 g/mol. The number of carbonyl (C=O) groups is 2. The second-order valence-corrected chi connectivity index (χ2v) is 6.61. The molecule has 0 aliphatic heterocycles. The maximum Gasteiger partial charge on any atom is 0.416 e. The Bertz CT molecular complexity index is 882. The van der Waals surface area contributed by atoms with Gasteiger partial charge in [-0.25, -0.2) is 4.39 Å². The summed E-state index contributed by atoms with van der Waals surface area (Å²) in [6.45, 7) is 1.02. The molecule has 0 fully saturated rings. The summed E-state index contributed by atoms with van der Waals surface area (Å²) in [5.74, 6) is -2.46. The van der Waals surface area contributed by atoms with Crippen LogP contribution in [0, 0.1) is 5.82 Å². The number of carbonyl (C=O) groups excluding carboxylic acids is 2. The van der Waals surface area contributed by atoms with Crippen molar-refractivity contribution in [3.63, 3.8) is 0 Å². The summed E-state index contributed by atoms with van der Waals surface area (Å²) in [5, 5.41) is 4.89. The van der Waals surface area contributed by atoms with Crippen LogP contribution >= 0.6 is 0 Å². The van der Waals surface area contributed by atoms with E-state index in [0.29, 0.717) is 19.0 Å². The maximum atomic E-state index is 14.2. The molecule has 0 radical (unpaired) electrons. The molecule has 2 N–H and O–H groups in total. The molecule has 156 valence electrons. The Balaban J connectivity index is 2.18. The first-order chi connectivity index (χ1) is 13.6. The van der Waals surface area contributed by atoms with E-state index in [1.807, 2.05) is 19.0 Å². The molecule has 2 amide bonds. The van der Waals surface area contributed by atoms with Gasteiger partial charge in [0.1, 0.15) is 5.82 Å². The van der Waals surface area contributed by atoms with Gasteiger partial charge in [-0.3, -0.25) is 9.59 Å². The number of rotatable bonds is 7. The molecule has 0 aliphatic carbocycles. The van der Waals surface area contributed by atoms with Crippen molar-refractivity contribution in [1.82, 2.24) is 10.2 Å². The Kier molecular flexibility index (Phi) is 7.33. The highest BCUT2D eigenvalue weighted by atomic mass is 19.4. The van der Waals surface area contributed by atoms with E-state index in [1.165, 1.54) is 18.2 Å². The molecule has 5 nitrogen and oxygen atoms in total. The summed E-state index contributed by atoms with van der Waals surface area (Å²) in [6, 6.07) is 7.49. The summed E-state index contributed by atoms with van der Waals surface area (Å²) in [4.78, 5) is 26.7. The van der Waals surface area contributed by atoms with Crippen LogP contribution < -0.4 is 10.6 Å². The molecule has 2 rings (SSSR count). The molecule has 0 bridgehead atoms. The summed E-state index contributed by atoms with van der Waals surface area (Å²) in [5.41, 5.74) is -1.75. The second-order valence-electron chi connectivity index (χ2n) is 6.61. The van der Waals surface area contributed by atoms with Crippen LogP contribution in [0.5, 0.6) is 0 Å². The molecule has 9 heteroatoms. The van der Waals surface area contributed by atoms with E-state index in [1.54, 1.807) is 0 Å². The Hall–Kier alpha value is -2.94. The highest BCUT2D eigenvalue weighted by Crippen LogP contribution is 2.30. The van der Waals surface area contributed by atoms with Crippen molar-refractivity contribution >= 4 is 17.5 Å². The van der Waals surface area contributed by atoms with Gasteiger partial charge in [0.05, 0.1) is 16.8 Å². The van der Waals surface area contributed by atoms with E-state index < -0.39 is 29.4 Å². The number of hydrogen-bond acceptors (Lipinski definition) is 3. The summed E-state index contributed by atoms with van der Waals surface area (Å²) < 4.78 is 52.8. The lowest BCUT2D eigenvalue weighted by Gasteiger charge is -2.14. The van der Waals surface area contributed by atoms with E-state index in [0.717, 1.165) is 24.7 Å². The van der Waals surface area contributed by atoms with Crippen LogP contribution in [0.2, 0.25) is 0 Å². The third-order valence-electron chi connectivity index (χ3n) is 4.01. The first-order valence-electron chi connectivity index (χ1n) is 8.79. The van der Waals surface area contributed by atoms with Crippen molar-refractivity contribution in [3.8, 4) is 0 Å². The SMILES string of the molecule is CN(C)CCCNC(=O)c1c(F)cccc1NC(=O)c1cccc(C(F)(F)F)c1. The van der Waals surface area contributed by atoms with Crippen LogP contribution in [0.3, 0.4) is 0 Å². The third kappa shape index (κ3) is 6.28. The smallest absolute Gasteiger partial charge is 0.352 e. The average molecular weight is 411 g/mol. The van der Waals surface area contributed by atoms with E-state index in [-0.39, 0.29) is 16.8 Å². The summed E-state index contributed by atoms with van der Waals surface area (Å²) in [6.07, 6.45) is -3.97. The standard InChI is InChI=1S/C20H21F4N3O2/c1-27(2)11-5-10-25-19(29)17-15(21)8-4-9-16(17)26-18(28)13-6-3-7-14(12-13)20(22,23)24/h3-4,6-9,12H,5,10-11H2,1-2H3,(H,25,29)(H,26,28). The molecule has 0 aromatic heterocycles. The zero-order chi connectivity index (χ0) is 21.6. The fourth-order valence-corrected chi connectivity index (χ4v) is 2.58. The molecular formula is C20H21F4N3O2. The average Bonchev–Trinajstić information content (AvgIpc) is 2.64. The minimum atomic E-state index is -4.60. The molecule has 0 heterocycles. The van der Waals surface area contributed by atoms with Crippen LogP contribution in [0.4, 0.5) is 23.2 Å². The van der Waals surface area contributed by atoms with Gasteiger partial charge in [0.2, 0.25) is 0 Å². The molecule has 29 heavy (non-hydrogen) atoms. The molecule has 0 atom stereocenters. The van der Waals surface area contributed by atoms with Crippen molar-refractivity contribution in [1.29, 1.82) is 0 Å². The Morgan fingerprint density at radius 3 is 2.38 bits per heavy atom. The third-order valence-corrected chi connectivity index (χ3v) is 4.01. The van der Waals surface area contributed by atoms with Crippen LogP contribution in [0.1, 0.15) is 32.7 Å². The first-order valence-corrected chi connectivity index (χ1v) is 8.79. The summed E-state index contributed by atoms with van der Waals surface area (Å²) in [7, 11) is 3.75. The van der Waals surface area contributed by atoms with Crippen molar-refractivity contribution in [2.75, 3.05) is 32.5 Å². The lowest BCUT2D eigenvalue weighted by atomic mass is 10.1. The quantitative estimate of drug-likeness (QED) is 0.539. The van der Waals surface area contributed by atoms with Crippen LogP contribution in [0.25, 0.3) is 0 Å². The molecule has 0 aliphatic rings. The van der Waals surface area contributed by atoms with Gasteiger partial charge in [-0.05, 0) is 57.4 Å². The Labute approximate surface area is 165 Å². The lowest BCUT2D eigenvalue weighted by Crippen LogP contribution is -2.29. The van der Waals surface area contributed by atoms with Gasteiger partial charge in [0.15, 0.2) is 0 Å². The van der Waals surface area contributed by atoms with Gasteiger partial charge in [0.25, 0.3) is 11.8 Å². The largest absolute Gasteiger partial charge is 0.416 e. The molecule has 0 saturated carbocycles. The number of nitrogens with one attached hydrogen (secondary N) is 2. The zero-order valence-corrected chi connectivity index (χ0v) is 15.9. The molecule has 2 aromatic rings. The van der Waals surface area contributed by atoms with Crippen molar-refractivity contribution in [3.05, 3.63) is 65.0 Å². The Morgan fingerprint density at radius 2 is 1.72 bits per heavy atom. The van der Waals surface area contributed by atoms with Gasteiger partial charge in [0, 0.05) is 12.1 Å². The predicted molar refractivity (Wildman–Crippen MR) is 101 cm³/mol. The number of amides is 2. The highest BCUT2D eigenvalue weighted by Gasteiger charge is 2.31. The van der Waals surface area contributed by atoms with Gasteiger partial charge in [-0.1, -0.05) is 12.1 Å². The minimum absolute atomic E-state index is 0.127. The first kappa shape index (κ1) is 22.4. The van der Waals surface area contributed by atoms with Crippen LogP contribution in [-0.4, -0.2) is 43.9 Å². The second kappa shape index (κ2) is 9.51. The van der Waals surface area contributed by atoms with Crippen molar-refractivity contribution in [2.24, 2.45) is 0 Å². The van der Waals surface area contributed by atoms with Gasteiger partial charge >= 0.3 is 6.18 Å². The fourth-order valence-electron chi connectivity index (χ4n) is 2.58. The normalized spacial score (nSPS) is 11.4. The van der Waals surface area contributed by atoms with Crippen LogP contribution in [-0.2, 0) is 6.18 Å². The summed E-state index contributed by atoms with van der Waals surface area (Å²) >= 11 is 0. The Morgan fingerprint density at radius 1 is 1.03 bits per heavy atom. The number of hydrogen-bond donors (Lipinski definition) is 2. The van der Waals surface area contributed by atoms with E-state index in [9.17, 15) is 27.2 Å². The van der Waals surface area contributed by atoms with Crippen molar-refractivity contribution < 1.29 is 27.2 Å². The number of benzene rings is 2. The maximum absolute atomic E-state index is 14.2. The lowest BCUT2D eigenvalue weighted by molar-refractivity contribution is -0.137. The number of alkyl halides is 3. The van der Waals surface area contributed by atoms with Gasteiger partial charge in [-0.2, -0.15) is 13.2 Å². The molecule has 0 unspecified atom stereocenters. The van der Waals surface area contributed by atoms with E-state index >= 15 is 0 Å². The van der Waals surface area contributed by atoms with E-state index in [4.69, 9.17) is 0 Å². The van der Waals surface area contributed by atoms with Crippen molar-refractivity contribution in [2.45, 2.75) is 12.6 Å². The molecule has 2 aromatic carbocycles. The molecule has 0 saturated heterocycles. The fraction of sp³-hybridized carbons (Fsp3) is 0.300. The van der Waals surface area contributed by atoms with Crippen LogP contribution in [0.15, 0.2) is 42.5 Å². The molecule has 0 spiro atoms. The number of nitrogens with zero attached hydrogens (tertiary/aromatic N) is 1. The topological polar surface area (TPSA) is 61.4 Å². The predicted octanol–water partition coefficient (Wildman–Crippen LogP) is 3.78. The highest BCUT2D eigenvalue weighted by molar-refractivity contribution is 6.09. The minimum Gasteiger partial charge on any atom is -0.352 e. The number of halogens is 4. The van der Waals surface area contributed by atoms with Gasteiger partial charge < -0.3 is 15.5 Å². The van der Waals surface area contributed by atoms with Gasteiger partial charge in [-0.15, -0.1) is 0 Å². The zero-order valence-electron chi connectivity index (χ0n) is 15.9. The molecular weight excluding hydrogens is 390 g/mol. The van der Waals surface area contributed by atoms with E-state index in [2.05, 4.69) is 10.6 Å². The number of anilines is 1.